The van der Waals surface area contributed by atoms with Gasteiger partial charge in [-0.05, 0) is 23.5 Å². The Hall–Kier alpha value is -2.26. The first-order valence-electron chi connectivity index (χ1n) is 10.4. The molecule has 1 aliphatic heterocycles. The predicted molar refractivity (Wildman–Crippen MR) is 130 cm³/mol. The van der Waals surface area contributed by atoms with Crippen LogP contribution in [0.4, 0.5) is 0 Å². The fourth-order valence-corrected chi connectivity index (χ4v) is 4.71. The van der Waals surface area contributed by atoms with Gasteiger partial charge in [0.2, 0.25) is 5.91 Å². The van der Waals surface area contributed by atoms with Gasteiger partial charge in [-0.2, -0.15) is 0 Å². The molecule has 1 amide bonds. The highest BCUT2D eigenvalue weighted by Gasteiger charge is 2.41. The number of thiazole rings is 1. The lowest BCUT2D eigenvalue weighted by molar-refractivity contribution is -0.136. The number of nitrogens with one attached hydrogen (secondary N) is 1. The largest absolute Gasteiger partial charge is 0.391 e. The molecule has 1 aliphatic rings. The fraction of sp³-hybridized carbons (Fsp3) is 0.435. The van der Waals surface area contributed by atoms with Gasteiger partial charge in [0.15, 0.2) is 0 Å². The first kappa shape index (κ1) is 24.4. The van der Waals surface area contributed by atoms with Crippen LogP contribution in [-0.2, 0) is 4.79 Å². The number of H-pyrrole nitrogens is 1. The molecule has 9 heteroatoms. The molecular formula is C23H30ClN5O2S. The van der Waals surface area contributed by atoms with Crippen molar-refractivity contribution in [3.05, 3.63) is 47.5 Å². The van der Waals surface area contributed by atoms with Crippen LogP contribution in [0, 0.1) is 12.3 Å². The summed E-state index contributed by atoms with van der Waals surface area (Å²) in [7, 11) is 0. The van der Waals surface area contributed by atoms with Crippen LogP contribution in [0.1, 0.15) is 44.8 Å². The highest BCUT2D eigenvalue weighted by atomic mass is 35.5. The molecule has 1 unspecified atom stereocenters. The van der Waals surface area contributed by atoms with E-state index in [-0.39, 0.29) is 36.3 Å². The molecule has 2 aromatic heterocycles. The molecule has 0 saturated carbocycles. The number of imidazole rings is 1. The summed E-state index contributed by atoms with van der Waals surface area (Å²) < 4.78 is 0. The summed E-state index contributed by atoms with van der Waals surface area (Å²) in [6.45, 7) is 8.11. The number of benzene rings is 1. The van der Waals surface area contributed by atoms with Gasteiger partial charge in [-0.1, -0.05) is 45.0 Å². The SMILES string of the molecule is Cc1ncsc1-c1ccc(-c2cnc([C@@H]3C[C@@H](O)CN3C(=O)C(N)C(C)(C)C)[nH]2)cc1.Cl. The van der Waals surface area contributed by atoms with Gasteiger partial charge in [-0.25, -0.2) is 9.97 Å². The van der Waals surface area contributed by atoms with Crippen LogP contribution in [0.5, 0.6) is 0 Å². The van der Waals surface area contributed by atoms with Crippen LogP contribution in [0.2, 0.25) is 0 Å². The van der Waals surface area contributed by atoms with E-state index in [2.05, 4.69) is 27.1 Å². The Morgan fingerprint density at radius 1 is 1.25 bits per heavy atom. The number of halogens is 1. The van der Waals surface area contributed by atoms with Crippen molar-refractivity contribution in [1.82, 2.24) is 19.9 Å². The molecule has 0 bridgehead atoms. The van der Waals surface area contributed by atoms with E-state index >= 15 is 0 Å². The van der Waals surface area contributed by atoms with Crippen LogP contribution in [0.3, 0.4) is 0 Å². The molecular weight excluding hydrogens is 446 g/mol. The normalized spacial score (nSPS) is 19.6. The topological polar surface area (TPSA) is 108 Å². The van der Waals surface area contributed by atoms with Crippen molar-refractivity contribution < 1.29 is 9.90 Å². The third-order valence-corrected chi connectivity index (χ3v) is 6.85. The minimum absolute atomic E-state index is 0. The number of rotatable bonds is 4. The monoisotopic (exact) mass is 475 g/mol. The number of aromatic nitrogens is 3. The number of carbonyl (C=O) groups is 1. The zero-order valence-electron chi connectivity index (χ0n) is 18.7. The highest BCUT2D eigenvalue weighted by molar-refractivity contribution is 7.13. The lowest BCUT2D eigenvalue weighted by Crippen LogP contribution is -2.50. The van der Waals surface area contributed by atoms with Gasteiger partial charge < -0.3 is 20.7 Å². The van der Waals surface area contributed by atoms with Gasteiger partial charge in [0.1, 0.15) is 5.82 Å². The third-order valence-electron chi connectivity index (χ3n) is 5.88. The minimum Gasteiger partial charge on any atom is -0.391 e. The number of hydrogen-bond donors (Lipinski definition) is 3. The van der Waals surface area contributed by atoms with Crippen molar-refractivity contribution >= 4 is 29.7 Å². The quantitative estimate of drug-likeness (QED) is 0.529. The van der Waals surface area contributed by atoms with Crippen molar-refractivity contribution in [1.29, 1.82) is 0 Å². The second kappa shape index (κ2) is 9.31. The van der Waals surface area contributed by atoms with E-state index in [0.29, 0.717) is 12.2 Å². The molecule has 32 heavy (non-hydrogen) atoms. The first-order valence-corrected chi connectivity index (χ1v) is 11.3. The molecule has 0 spiro atoms. The number of nitrogens with two attached hydrogens (primary N) is 1. The summed E-state index contributed by atoms with van der Waals surface area (Å²) in [4.78, 5) is 28.1. The molecule has 3 heterocycles. The zero-order valence-corrected chi connectivity index (χ0v) is 20.3. The summed E-state index contributed by atoms with van der Waals surface area (Å²) in [5, 5.41) is 10.3. The Bertz CT molecular complexity index is 1070. The van der Waals surface area contributed by atoms with Gasteiger partial charge in [0, 0.05) is 13.0 Å². The second-order valence-corrected chi connectivity index (χ2v) is 10.1. The number of carbonyl (C=O) groups excluding carboxylic acids is 1. The molecule has 1 aromatic carbocycles. The van der Waals surface area contributed by atoms with Crippen molar-refractivity contribution in [3.8, 4) is 21.7 Å². The molecule has 3 atom stereocenters. The van der Waals surface area contributed by atoms with Crippen LogP contribution in [-0.4, -0.2) is 49.6 Å². The van der Waals surface area contributed by atoms with E-state index in [9.17, 15) is 9.90 Å². The first-order chi connectivity index (χ1) is 14.6. The van der Waals surface area contributed by atoms with E-state index in [1.807, 2.05) is 45.3 Å². The summed E-state index contributed by atoms with van der Waals surface area (Å²) in [5.41, 5.74) is 11.8. The fourth-order valence-electron chi connectivity index (χ4n) is 3.90. The molecule has 0 radical (unpaired) electrons. The molecule has 4 rings (SSSR count). The number of aromatic amines is 1. The number of amides is 1. The van der Waals surface area contributed by atoms with Gasteiger partial charge in [0.05, 0.1) is 46.2 Å². The number of β-amino-alcohol motifs (C(OH)–C–C–N with tert-alkyl or cyclic N) is 1. The lowest BCUT2D eigenvalue weighted by Gasteiger charge is -2.32. The Kier molecular flexibility index (Phi) is 7.09. The molecule has 4 N–H and O–H groups in total. The minimum atomic E-state index is -0.641. The van der Waals surface area contributed by atoms with Gasteiger partial charge >= 0.3 is 0 Å². The molecule has 1 saturated heterocycles. The average molecular weight is 476 g/mol. The maximum Gasteiger partial charge on any atom is 0.240 e. The van der Waals surface area contributed by atoms with Crippen molar-refractivity contribution in [3.63, 3.8) is 0 Å². The standard InChI is InChI=1S/C23H29N5O2S.ClH/c1-13-19(31-12-26-13)15-7-5-14(6-8-15)17-10-25-21(27-17)18-9-16(29)11-28(18)22(30)20(24)23(2,3)4;/h5-8,10,12,16,18,20,29H,9,11,24H2,1-4H3,(H,25,27);1H/t16-,18+,20?;/m1./s1. The third kappa shape index (κ3) is 4.73. The van der Waals surface area contributed by atoms with Crippen LogP contribution in [0.25, 0.3) is 21.7 Å². The number of aryl methyl sites for hydroxylation is 1. The summed E-state index contributed by atoms with van der Waals surface area (Å²) in [5.74, 6) is 0.514. The number of aliphatic hydroxyl groups excluding tert-OH is 1. The average Bonchev–Trinajstić information content (AvgIpc) is 3.45. The maximum absolute atomic E-state index is 13.0. The Morgan fingerprint density at radius 3 is 2.50 bits per heavy atom. The molecule has 0 aliphatic carbocycles. The summed E-state index contributed by atoms with van der Waals surface area (Å²) in [6.07, 6.45) is 1.63. The van der Waals surface area contributed by atoms with E-state index < -0.39 is 12.1 Å². The van der Waals surface area contributed by atoms with Gasteiger partial charge in [-0.3, -0.25) is 4.79 Å². The number of likely N-dealkylation sites (tertiary alicyclic amines) is 1. The molecule has 1 fully saturated rings. The van der Waals surface area contributed by atoms with Gasteiger partial charge in [0.25, 0.3) is 0 Å². The van der Waals surface area contributed by atoms with Crippen LogP contribution in [0.15, 0.2) is 36.0 Å². The number of nitrogens with zero attached hydrogens (tertiary/aromatic N) is 3. The molecule has 7 nitrogen and oxygen atoms in total. The number of hydrogen-bond acceptors (Lipinski definition) is 6. The molecule has 3 aromatic rings. The van der Waals surface area contributed by atoms with E-state index in [0.717, 1.165) is 22.5 Å². The smallest absolute Gasteiger partial charge is 0.240 e. The van der Waals surface area contributed by atoms with Crippen LogP contribution < -0.4 is 5.73 Å². The zero-order chi connectivity index (χ0) is 22.3. The highest BCUT2D eigenvalue weighted by Crippen LogP contribution is 2.34. The van der Waals surface area contributed by atoms with E-state index in [1.54, 1.807) is 22.4 Å². The predicted octanol–water partition coefficient (Wildman–Crippen LogP) is 3.94. The Morgan fingerprint density at radius 2 is 1.91 bits per heavy atom. The van der Waals surface area contributed by atoms with Crippen LogP contribution >= 0.6 is 23.7 Å². The van der Waals surface area contributed by atoms with E-state index in [4.69, 9.17) is 5.73 Å². The Labute approximate surface area is 198 Å². The second-order valence-electron chi connectivity index (χ2n) is 9.27. The molecule has 172 valence electrons. The van der Waals surface area contributed by atoms with Crippen molar-refractivity contribution in [2.24, 2.45) is 11.1 Å². The lowest BCUT2D eigenvalue weighted by atomic mass is 9.86. The summed E-state index contributed by atoms with van der Waals surface area (Å²) >= 11 is 1.63. The summed E-state index contributed by atoms with van der Waals surface area (Å²) in [6, 6.07) is 7.30. The van der Waals surface area contributed by atoms with Crippen molar-refractivity contribution in [2.75, 3.05) is 6.54 Å². The Balaban J connectivity index is 0.00000289. The van der Waals surface area contributed by atoms with Crippen molar-refractivity contribution in [2.45, 2.75) is 52.3 Å². The van der Waals surface area contributed by atoms with Gasteiger partial charge in [-0.15, -0.1) is 23.7 Å². The maximum atomic E-state index is 13.0. The number of aliphatic hydroxyl groups is 1. The van der Waals surface area contributed by atoms with E-state index in [1.165, 1.54) is 4.88 Å².